The van der Waals surface area contributed by atoms with E-state index in [1.54, 1.807) is 0 Å². The van der Waals surface area contributed by atoms with Crippen LogP contribution in [0.4, 0.5) is 0 Å². The first-order valence-electron chi connectivity index (χ1n) is 6.24. The van der Waals surface area contributed by atoms with Gasteiger partial charge in [-0.3, -0.25) is 0 Å². The molecule has 0 N–H and O–H groups in total. The summed E-state index contributed by atoms with van der Waals surface area (Å²) in [6, 6.07) is 23.3. The van der Waals surface area contributed by atoms with Gasteiger partial charge in [0.25, 0.3) is 0 Å². The molecule has 0 radical (unpaired) electrons. The smallest absolute Gasteiger partial charge is 0.204 e. The Morgan fingerprint density at radius 3 is 1.68 bits per heavy atom. The van der Waals surface area contributed by atoms with Gasteiger partial charge in [-0.25, -0.2) is 0 Å². The minimum Gasteiger partial charge on any atom is -0.464 e. The highest BCUT2D eigenvalue weighted by Gasteiger charge is 2.29. The molecule has 0 saturated carbocycles. The van der Waals surface area contributed by atoms with Crippen LogP contribution in [0.5, 0.6) is 0 Å². The molecular weight excluding hydrogens is 252 g/mol. The molecule has 1 aromatic heterocycles. The molecule has 3 rings (SSSR count). The molecular formula is C17H15OS+. The Kier molecular flexibility index (Phi) is 3.43. The fourth-order valence-corrected chi connectivity index (χ4v) is 4.15. The van der Waals surface area contributed by atoms with Crippen LogP contribution in [0.15, 0.2) is 92.1 Å². The van der Waals surface area contributed by atoms with Crippen LogP contribution in [0.1, 0.15) is 5.76 Å². The van der Waals surface area contributed by atoms with E-state index in [1.807, 2.05) is 13.2 Å². The van der Waals surface area contributed by atoms with Gasteiger partial charge in [-0.1, -0.05) is 36.4 Å². The summed E-state index contributed by atoms with van der Waals surface area (Å²) in [7, 11) is -0.0875. The van der Waals surface area contributed by atoms with Crippen molar-refractivity contribution in [2.45, 2.75) is 21.6 Å². The van der Waals surface area contributed by atoms with Crippen LogP contribution in [-0.2, 0) is 10.9 Å². The van der Waals surface area contributed by atoms with Crippen LogP contribution in [0, 0.1) is 6.92 Å². The second-order valence-electron chi connectivity index (χ2n) is 4.33. The van der Waals surface area contributed by atoms with Crippen LogP contribution < -0.4 is 0 Å². The average molecular weight is 267 g/mol. The molecule has 0 bridgehead atoms. The zero-order chi connectivity index (χ0) is 13.1. The van der Waals surface area contributed by atoms with E-state index in [0.717, 1.165) is 5.76 Å². The lowest BCUT2D eigenvalue weighted by Crippen LogP contribution is -2.03. The summed E-state index contributed by atoms with van der Waals surface area (Å²) in [6.45, 7) is 1.99. The number of furan rings is 1. The third-order valence-electron chi connectivity index (χ3n) is 2.90. The molecule has 94 valence electrons. The van der Waals surface area contributed by atoms with Gasteiger partial charge >= 0.3 is 0 Å². The molecule has 0 aliphatic rings. The molecule has 0 spiro atoms. The first-order chi connectivity index (χ1) is 9.34. The minimum atomic E-state index is -0.0875. The van der Waals surface area contributed by atoms with Crippen molar-refractivity contribution < 1.29 is 4.42 Å². The van der Waals surface area contributed by atoms with E-state index < -0.39 is 0 Å². The maximum Gasteiger partial charge on any atom is 0.204 e. The lowest BCUT2D eigenvalue weighted by molar-refractivity contribution is 0.530. The molecule has 3 aromatic rings. The third-order valence-corrected chi connectivity index (χ3v) is 5.07. The van der Waals surface area contributed by atoms with E-state index in [2.05, 4.69) is 66.7 Å². The summed E-state index contributed by atoms with van der Waals surface area (Å²) in [5, 5.41) is 0. The molecule has 2 aromatic carbocycles. The molecule has 19 heavy (non-hydrogen) atoms. The molecule has 1 nitrogen and oxygen atoms in total. The Bertz CT molecular complexity index is 604. The van der Waals surface area contributed by atoms with Crippen molar-refractivity contribution in [3.63, 3.8) is 0 Å². The van der Waals surface area contributed by atoms with E-state index in [4.69, 9.17) is 4.42 Å². The lowest BCUT2D eigenvalue weighted by atomic mass is 10.4. The highest BCUT2D eigenvalue weighted by atomic mass is 32.2. The normalized spacial score (nSPS) is 10.8. The molecule has 1 heterocycles. The zero-order valence-corrected chi connectivity index (χ0v) is 11.6. The van der Waals surface area contributed by atoms with E-state index in [9.17, 15) is 0 Å². The van der Waals surface area contributed by atoms with Crippen molar-refractivity contribution in [2.75, 3.05) is 0 Å². The van der Waals surface area contributed by atoms with Gasteiger partial charge in [-0.2, -0.15) is 0 Å². The number of aryl methyl sites for hydroxylation is 1. The Morgan fingerprint density at radius 1 is 0.737 bits per heavy atom. The van der Waals surface area contributed by atoms with Crippen LogP contribution in [0.3, 0.4) is 0 Å². The Morgan fingerprint density at radius 2 is 1.26 bits per heavy atom. The summed E-state index contributed by atoms with van der Waals surface area (Å²) in [5.41, 5.74) is 0. The van der Waals surface area contributed by atoms with Crippen LogP contribution in [0.25, 0.3) is 0 Å². The summed E-state index contributed by atoms with van der Waals surface area (Å²) in [5.74, 6) is 0.958. The quantitative estimate of drug-likeness (QED) is 0.628. The molecule has 0 aliphatic heterocycles. The van der Waals surface area contributed by atoms with Crippen molar-refractivity contribution in [3.8, 4) is 0 Å². The highest BCUT2D eigenvalue weighted by Crippen LogP contribution is 2.31. The third kappa shape index (κ3) is 2.59. The second-order valence-corrected chi connectivity index (χ2v) is 6.35. The summed E-state index contributed by atoms with van der Waals surface area (Å²) in [6.07, 6.45) is 1.87. The maximum atomic E-state index is 5.50. The molecule has 0 saturated heterocycles. The Hall–Kier alpha value is -1.93. The topological polar surface area (TPSA) is 13.1 Å². The Balaban J connectivity index is 2.11. The van der Waals surface area contributed by atoms with Crippen molar-refractivity contribution in [2.24, 2.45) is 0 Å². The molecule has 2 heteroatoms. The predicted molar refractivity (Wildman–Crippen MR) is 78.5 cm³/mol. The molecule has 0 unspecified atom stereocenters. The number of hydrogen-bond acceptors (Lipinski definition) is 1. The zero-order valence-electron chi connectivity index (χ0n) is 10.7. The van der Waals surface area contributed by atoms with Gasteiger partial charge in [-0.05, 0) is 31.2 Å². The second kappa shape index (κ2) is 5.37. The van der Waals surface area contributed by atoms with Gasteiger partial charge in [0.05, 0.1) is 0 Å². The average Bonchev–Trinajstić information content (AvgIpc) is 2.88. The van der Waals surface area contributed by atoms with Crippen molar-refractivity contribution in [3.05, 3.63) is 78.8 Å². The highest BCUT2D eigenvalue weighted by molar-refractivity contribution is 7.97. The van der Waals surface area contributed by atoms with Crippen LogP contribution in [-0.4, -0.2) is 0 Å². The molecule has 0 aliphatic carbocycles. The van der Waals surface area contributed by atoms with Crippen molar-refractivity contribution in [1.82, 2.24) is 0 Å². The number of rotatable bonds is 3. The van der Waals surface area contributed by atoms with Crippen molar-refractivity contribution >= 4 is 10.9 Å². The van der Waals surface area contributed by atoms with E-state index in [1.165, 1.54) is 14.7 Å². The first kappa shape index (κ1) is 12.1. The molecule has 0 fully saturated rings. The van der Waals surface area contributed by atoms with Crippen LogP contribution >= 0.6 is 0 Å². The van der Waals surface area contributed by atoms with E-state index in [0.29, 0.717) is 0 Å². The summed E-state index contributed by atoms with van der Waals surface area (Å²) in [4.78, 5) is 3.86. The van der Waals surface area contributed by atoms with E-state index in [-0.39, 0.29) is 10.9 Å². The van der Waals surface area contributed by atoms with Crippen molar-refractivity contribution in [1.29, 1.82) is 0 Å². The molecule has 0 atom stereocenters. The lowest BCUT2D eigenvalue weighted by Gasteiger charge is -2.04. The first-order valence-corrected chi connectivity index (χ1v) is 7.46. The SMILES string of the molecule is Cc1cc([S+](c2ccccc2)c2ccccc2)co1. The van der Waals surface area contributed by atoms with Gasteiger partial charge < -0.3 is 4.42 Å². The van der Waals surface area contributed by atoms with Gasteiger partial charge in [-0.15, -0.1) is 0 Å². The van der Waals surface area contributed by atoms with Gasteiger partial charge in [0.2, 0.25) is 4.90 Å². The summed E-state index contributed by atoms with van der Waals surface area (Å²) < 4.78 is 5.50. The standard InChI is InChI=1S/C17H15OS/c1-14-12-17(13-18-14)19(15-8-4-2-5-9-15)16-10-6-3-7-11-16/h2-13H,1H3/q+1. The summed E-state index contributed by atoms with van der Waals surface area (Å²) >= 11 is 0. The van der Waals surface area contributed by atoms with Gasteiger partial charge in [0, 0.05) is 6.07 Å². The maximum absolute atomic E-state index is 5.50. The van der Waals surface area contributed by atoms with Gasteiger partial charge in [0.1, 0.15) is 22.9 Å². The fourth-order valence-electron chi connectivity index (χ4n) is 2.05. The Labute approximate surface area is 116 Å². The van der Waals surface area contributed by atoms with E-state index >= 15 is 0 Å². The largest absolute Gasteiger partial charge is 0.464 e. The number of benzene rings is 2. The monoisotopic (exact) mass is 267 g/mol. The van der Waals surface area contributed by atoms with Gasteiger partial charge in [0.15, 0.2) is 9.79 Å². The number of hydrogen-bond donors (Lipinski definition) is 0. The minimum absolute atomic E-state index is 0.0875. The fraction of sp³-hybridized carbons (Fsp3) is 0.0588. The predicted octanol–water partition coefficient (Wildman–Crippen LogP) is 4.68. The van der Waals surface area contributed by atoms with Crippen LogP contribution in [0.2, 0.25) is 0 Å². The molecule has 0 amide bonds.